The van der Waals surface area contributed by atoms with Crippen molar-refractivity contribution < 1.29 is 4.79 Å². The van der Waals surface area contributed by atoms with Gasteiger partial charge in [0.15, 0.2) is 0 Å². The van der Waals surface area contributed by atoms with Gasteiger partial charge in [-0.1, -0.05) is 49.6 Å². The summed E-state index contributed by atoms with van der Waals surface area (Å²) in [5.74, 6) is 0.166. The summed E-state index contributed by atoms with van der Waals surface area (Å²) < 4.78 is 0. The quantitative estimate of drug-likeness (QED) is 0.885. The van der Waals surface area contributed by atoms with Crippen LogP contribution in [-0.4, -0.2) is 18.0 Å². The predicted molar refractivity (Wildman–Crippen MR) is 80.4 cm³/mol. The molecule has 1 amide bonds. The van der Waals surface area contributed by atoms with Crippen LogP contribution in [0, 0.1) is 0 Å². The van der Waals surface area contributed by atoms with Crippen molar-refractivity contribution >= 4 is 5.91 Å². The zero-order valence-corrected chi connectivity index (χ0v) is 12.0. The lowest BCUT2D eigenvalue weighted by molar-refractivity contribution is -0.123. The van der Waals surface area contributed by atoms with E-state index >= 15 is 0 Å². The SMILES string of the molecule is NC1(CNC(=O)C2(c3ccccc3)CC2)CCCCC1. The molecule has 3 heteroatoms. The Hall–Kier alpha value is -1.35. The zero-order valence-electron chi connectivity index (χ0n) is 12.0. The molecule has 0 aromatic heterocycles. The fourth-order valence-corrected chi connectivity index (χ4v) is 3.39. The molecule has 0 aliphatic heterocycles. The summed E-state index contributed by atoms with van der Waals surface area (Å²) in [5, 5.41) is 3.13. The van der Waals surface area contributed by atoms with Crippen LogP contribution < -0.4 is 11.1 Å². The summed E-state index contributed by atoms with van der Waals surface area (Å²) in [6, 6.07) is 10.1. The fraction of sp³-hybridized carbons (Fsp3) is 0.588. The van der Waals surface area contributed by atoms with E-state index < -0.39 is 0 Å². The fourth-order valence-electron chi connectivity index (χ4n) is 3.39. The molecule has 3 nitrogen and oxygen atoms in total. The number of nitrogens with one attached hydrogen (secondary N) is 1. The highest BCUT2D eigenvalue weighted by Gasteiger charge is 2.51. The van der Waals surface area contributed by atoms with Gasteiger partial charge in [-0.05, 0) is 31.2 Å². The van der Waals surface area contributed by atoms with Crippen molar-refractivity contribution in [1.82, 2.24) is 5.32 Å². The predicted octanol–water partition coefficient (Wildman–Crippen LogP) is 2.50. The first-order chi connectivity index (χ1) is 9.65. The lowest BCUT2D eigenvalue weighted by atomic mass is 9.82. The van der Waals surface area contributed by atoms with Crippen molar-refractivity contribution in [2.24, 2.45) is 5.73 Å². The Morgan fingerprint density at radius 3 is 2.30 bits per heavy atom. The number of carbonyl (C=O) groups excluding carboxylic acids is 1. The van der Waals surface area contributed by atoms with E-state index in [9.17, 15) is 4.79 Å². The average Bonchev–Trinajstić information content (AvgIpc) is 3.28. The first kappa shape index (κ1) is 13.6. The van der Waals surface area contributed by atoms with Gasteiger partial charge in [0.05, 0.1) is 5.41 Å². The minimum Gasteiger partial charge on any atom is -0.353 e. The number of rotatable bonds is 4. The molecule has 2 aliphatic carbocycles. The molecule has 0 spiro atoms. The largest absolute Gasteiger partial charge is 0.353 e. The Morgan fingerprint density at radius 2 is 1.70 bits per heavy atom. The van der Waals surface area contributed by atoms with Gasteiger partial charge in [-0.15, -0.1) is 0 Å². The number of amides is 1. The van der Waals surface area contributed by atoms with Crippen LogP contribution in [0.3, 0.4) is 0 Å². The van der Waals surface area contributed by atoms with Crippen molar-refractivity contribution in [3.8, 4) is 0 Å². The highest BCUT2D eigenvalue weighted by Crippen LogP contribution is 2.48. The normalized spacial score (nSPS) is 23.1. The second-order valence-electron chi connectivity index (χ2n) is 6.55. The molecule has 0 radical (unpaired) electrons. The van der Waals surface area contributed by atoms with E-state index in [-0.39, 0.29) is 16.9 Å². The van der Waals surface area contributed by atoms with Gasteiger partial charge in [-0.2, -0.15) is 0 Å². The van der Waals surface area contributed by atoms with E-state index in [1.165, 1.54) is 19.3 Å². The number of hydrogen-bond donors (Lipinski definition) is 2. The Bertz CT molecular complexity index is 473. The van der Waals surface area contributed by atoms with Crippen molar-refractivity contribution in [1.29, 1.82) is 0 Å². The highest BCUT2D eigenvalue weighted by molar-refractivity contribution is 5.91. The molecule has 0 saturated heterocycles. The van der Waals surface area contributed by atoms with Crippen LogP contribution in [0.15, 0.2) is 30.3 Å². The van der Waals surface area contributed by atoms with Crippen LogP contribution in [0.4, 0.5) is 0 Å². The summed E-state index contributed by atoms with van der Waals surface area (Å²) >= 11 is 0. The van der Waals surface area contributed by atoms with Gasteiger partial charge in [0, 0.05) is 12.1 Å². The number of carbonyl (C=O) groups is 1. The minimum atomic E-state index is -0.272. The highest BCUT2D eigenvalue weighted by atomic mass is 16.2. The number of nitrogens with two attached hydrogens (primary N) is 1. The molecule has 0 heterocycles. The van der Waals surface area contributed by atoms with Crippen LogP contribution >= 0.6 is 0 Å². The monoisotopic (exact) mass is 272 g/mol. The van der Waals surface area contributed by atoms with Crippen molar-refractivity contribution in [2.75, 3.05) is 6.54 Å². The molecule has 0 bridgehead atoms. The molecule has 1 aromatic carbocycles. The molecular weight excluding hydrogens is 248 g/mol. The maximum Gasteiger partial charge on any atom is 0.230 e. The van der Waals surface area contributed by atoms with Gasteiger partial charge in [-0.3, -0.25) is 4.79 Å². The van der Waals surface area contributed by atoms with Crippen LogP contribution in [0.25, 0.3) is 0 Å². The van der Waals surface area contributed by atoms with Gasteiger partial charge in [0.2, 0.25) is 5.91 Å². The van der Waals surface area contributed by atoms with Crippen LogP contribution in [-0.2, 0) is 10.2 Å². The third-order valence-electron chi connectivity index (χ3n) is 4.96. The first-order valence-corrected chi connectivity index (χ1v) is 7.77. The second-order valence-corrected chi connectivity index (χ2v) is 6.55. The molecule has 20 heavy (non-hydrogen) atoms. The topological polar surface area (TPSA) is 55.1 Å². The number of benzene rings is 1. The molecule has 0 atom stereocenters. The smallest absolute Gasteiger partial charge is 0.230 e. The van der Waals surface area contributed by atoms with Crippen LogP contribution in [0.5, 0.6) is 0 Å². The van der Waals surface area contributed by atoms with E-state index in [0.717, 1.165) is 31.2 Å². The van der Waals surface area contributed by atoms with Gasteiger partial charge in [0.1, 0.15) is 0 Å². The molecule has 0 unspecified atom stereocenters. The van der Waals surface area contributed by atoms with E-state index in [1.807, 2.05) is 18.2 Å². The summed E-state index contributed by atoms with van der Waals surface area (Å²) in [4.78, 5) is 12.5. The van der Waals surface area contributed by atoms with Gasteiger partial charge in [-0.25, -0.2) is 0 Å². The van der Waals surface area contributed by atoms with Gasteiger partial charge in [0.25, 0.3) is 0 Å². The van der Waals surface area contributed by atoms with Crippen molar-refractivity contribution in [3.05, 3.63) is 35.9 Å². The van der Waals surface area contributed by atoms with Crippen molar-refractivity contribution in [3.63, 3.8) is 0 Å². The second kappa shape index (κ2) is 5.21. The van der Waals surface area contributed by atoms with E-state index in [1.54, 1.807) is 0 Å². The third kappa shape index (κ3) is 2.59. The summed E-state index contributed by atoms with van der Waals surface area (Å²) in [5.41, 5.74) is 7.09. The molecule has 2 fully saturated rings. The maximum absolute atomic E-state index is 12.5. The lowest BCUT2D eigenvalue weighted by Crippen LogP contribution is -2.52. The maximum atomic E-state index is 12.5. The summed E-state index contributed by atoms with van der Waals surface area (Å²) in [6.45, 7) is 0.625. The molecule has 3 rings (SSSR count). The minimum absolute atomic E-state index is 0.166. The van der Waals surface area contributed by atoms with E-state index in [4.69, 9.17) is 5.73 Å². The standard InChI is InChI=1S/C17H24N2O/c18-16(9-5-2-6-10-16)13-19-15(20)17(11-12-17)14-7-3-1-4-8-14/h1,3-4,7-8H,2,5-6,9-13,18H2,(H,19,20). The number of hydrogen-bond acceptors (Lipinski definition) is 2. The third-order valence-corrected chi connectivity index (χ3v) is 4.96. The molecule has 1 aromatic rings. The Balaban J connectivity index is 1.62. The molecule has 3 N–H and O–H groups in total. The Labute approximate surface area is 120 Å². The average molecular weight is 272 g/mol. The van der Waals surface area contributed by atoms with E-state index in [2.05, 4.69) is 17.4 Å². The molecular formula is C17H24N2O. The van der Waals surface area contributed by atoms with E-state index in [0.29, 0.717) is 6.54 Å². The van der Waals surface area contributed by atoms with Gasteiger partial charge < -0.3 is 11.1 Å². The Morgan fingerprint density at radius 1 is 1.05 bits per heavy atom. The van der Waals surface area contributed by atoms with Gasteiger partial charge >= 0.3 is 0 Å². The molecule has 108 valence electrons. The van der Waals surface area contributed by atoms with Crippen LogP contribution in [0.2, 0.25) is 0 Å². The molecule has 2 aliphatic rings. The van der Waals surface area contributed by atoms with Crippen molar-refractivity contribution in [2.45, 2.75) is 55.9 Å². The Kier molecular flexibility index (Phi) is 3.55. The first-order valence-electron chi connectivity index (χ1n) is 7.77. The zero-order chi connectivity index (χ0) is 14.1. The molecule has 2 saturated carbocycles. The van der Waals surface area contributed by atoms with Crippen LogP contribution in [0.1, 0.15) is 50.5 Å². The summed E-state index contributed by atoms with van der Waals surface area (Å²) in [7, 11) is 0. The lowest BCUT2D eigenvalue weighted by Gasteiger charge is -2.34. The summed E-state index contributed by atoms with van der Waals surface area (Å²) in [6.07, 6.45) is 7.64.